The molecule has 2 aliphatic rings. The summed E-state index contributed by atoms with van der Waals surface area (Å²) in [5, 5.41) is 3.17. The van der Waals surface area contributed by atoms with Crippen molar-refractivity contribution in [2.24, 2.45) is 0 Å². The molecule has 4 amide bonds. The molecule has 0 aliphatic carbocycles. The van der Waals surface area contributed by atoms with Gasteiger partial charge in [0.15, 0.2) is 5.13 Å². The van der Waals surface area contributed by atoms with Crippen molar-refractivity contribution in [3.8, 4) is 0 Å². The summed E-state index contributed by atoms with van der Waals surface area (Å²) in [5.41, 5.74) is 0.885. The minimum Gasteiger partial charge on any atom is -0.336 e. The lowest BCUT2D eigenvalue weighted by atomic mass is 10.2. The predicted octanol–water partition coefficient (Wildman–Crippen LogP) is 0.135. The summed E-state index contributed by atoms with van der Waals surface area (Å²) >= 11 is 1.34. The molecule has 122 valence electrons. The monoisotopic (exact) mass is 336 g/mol. The number of amides is 4. The minimum absolute atomic E-state index is 0.185. The van der Waals surface area contributed by atoms with Crippen LogP contribution in [0.1, 0.15) is 30.3 Å². The maximum atomic E-state index is 12.3. The van der Waals surface area contributed by atoms with E-state index in [2.05, 4.69) is 10.3 Å². The smallest absolute Gasteiger partial charge is 0.243 e. The van der Waals surface area contributed by atoms with Gasteiger partial charge in [-0.2, -0.15) is 0 Å². The van der Waals surface area contributed by atoms with Crippen molar-refractivity contribution < 1.29 is 19.2 Å². The second-order valence-electron chi connectivity index (χ2n) is 5.51. The number of thiazole rings is 1. The minimum atomic E-state index is -0.285. The molecule has 2 aliphatic heterocycles. The molecule has 1 aromatic heterocycles. The van der Waals surface area contributed by atoms with E-state index in [-0.39, 0.29) is 43.0 Å². The summed E-state index contributed by atoms with van der Waals surface area (Å²) < 4.78 is 0. The quantitative estimate of drug-likeness (QED) is 0.791. The van der Waals surface area contributed by atoms with Crippen LogP contribution < -0.4 is 5.32 Å². The van der Waals surface area contributed by atoms with Crippen molar-refractivity contribution in [3.63, 3.8) is 0 Å². The Kier molecular flexibility index (Phi) is 4.12. The molecule has 0 aromatic carbocycles. The molecule has 23 heavy (non-hydrogen) atoms. The van der Waals surface area contributed by atoms with E-state index >= 15 is 0 Å². The molecular weight excluding hydrogens is 320 g/mol. The molecule has 9 heteroatoms. The summed E-state index contributed by atoms with van der Waals surface area (Å²) in [6.07, 6.45) is 0.968. The highest BCUT2D eigenvalue weighted by atomic mass is 32.1. The number of likely N-dealkylation sites (tertiary alicyclic amines) is 1. The van der Waals surface area contributed by atoms with Gasteiger partial charge in [0.2, 0.25) is 23.6 Å². The topological polar surface area (TPSA) is 99.7 Å². The van der Waals surface area contributed by atoms with Crippen molar-refractivity contribution in [2.45, 2.75) is 32.7 Å². The van der Waals surface area contributed by atoms with Gasteiger partial charge in [-0.3, -0.25) is 24.1 Å². The van der Waals surface area contributed by atoms with Crippen LogP contribution in [0.15, 0.2) is 0 Å². The van der Waals surface area contributed by atoms with Crippen LogP contribution in [0.5, 0.6) is 0 Å². The SMILES string of the molecule is CC(=O)Nc1nc2c(s1)CN(C(=O)CN1C(=O)CCC1=O)CC2. The van der Waals surface area contributed by atoms with Crippen LogP contribution in [0, 0.1) is 0 Å². The number of carbonyl (C=O) groups excluding carboxylic acids is 4. The lowest BCUT2D eigenvalue weighted by molar-refractivity contribution is -0.145. The fraction of sp³-hybridized carbons (Fsp3) is 0.500. The zero-order valence-electron chi connectivity index (χ0n) is 12.6. The molecule has 1 saturated heterocycles. The first-order chi connectivity index (χ1) is 10.9. The van der Waals surface area contributed by atoms with Crippen LogP contribution in [0.3, 0.4) is 0 Å². The third kappa shape index (κ3) is 3.24. The zero-order chi connectivity index (χ0) is 16.6. The molecule has 0 unspecified atom stereocenters. The summed E-state index contributed by atoms with van der Waals surface area (Å²) in [6, 6.07) is 0. The Labute approximate surface area is 136 Å². The number of imide groups is 1. The molecule has 0 atom stereocenters. The van der Waals surface area contributed by atoms with Gasteiger partial charge < -0.3 is 10.2 Å². The van der Waals surface area contributed by atoms with E-state index in [9.17, 15) is 19.2 Å². The van der Waals surface area contributed by atoms with E-state index in [1.165, 1.54) is 18.3 Å². The van der Waals surface area contributed by atoms with E-state index in [4.69, 9.17) is 0 Å². The zero-order valence-corrected chi connectivity index (χ0v) is 13.4. The molecule has 0 radical (unpaired) electrons. The van der Waals surface area contributed by atoms with Crippen molar-refractivity contribution in [1.82, 2.24) is 14.8 Å². The lowest BCUT2D eigenvalue weighted by Gasteiger charge is -2.27. The number of hydrogen-bond acceptors (Lipinski definition) is 6. The summed E-state index contributed by atoms with van der Waals surface area (Å²) in [7, 11) is 0. The first kappa shape index (κ1) is 15.6. The fourth-order valence-corrected chi connectivity index (χ4v) is 3.72. The van der Waals surface area contributed by atoms with Gasteiger partial charge in [0.1, 0.15) is 6.54 Å². The van der Waals surface area contributed by atoms with Gasteiger partial charge in [-0.1, -0.05) is 11.3 Å². The van der Waals surface area contributed by atoms with E-state index in [1.54, 1.807) is 4.90 Å². The first-order valence-corrected chi connectivity index (χ1v) is 8.13. The highest BCUT2D eigenvalue weighted by molar-refractivity contribution is 7.15. The Hall–Kier alpha value is -2.29. The Morgan fingerprint density at radius 3 is 2.57 bits per heavy atom. The molecule has 1 fully saturated rings. The van der Waals surface area contributed by atoms with E-state index in [0.29, 0.717) is 24.6 Å². The van der Waals surface area contributed by atoms with Gasteiger partial charge in [-0.05, 0) is 0 Å². The second-order valence-corrected chi connectivity index (χ2v) is 6.59. The molecule has 3 rings (SSSR count). The van der Waals surface area contributed by atoms with Crippen LogP contribution >= 0.6 is 11.3 Å². The Bertz CT molecular complexity index is 683. The number of fused-ring (bicyclic) bond motifs is 1. The first-order valence-electron chi connectivity index (χ1n) is 7.31. The van der Waals surface area contributed by atoms with Crippen molar-refractivity contribution in [2.75, 3.05) is 18.4 Å². The predicted molar refractivity (Wildman–Crippen MR) is 81.5 cm³/mol. The average Bonchev–Trinajstić information content (AvgIpc) is 3.02. The van der Waals surface area contributed by atoms with Gasteiger partial charge in [0, 0.05) is 37.6 Å². The maximum Gasteiger partial charge on any atom is 0.243 e. The van der Waals surface area contributed by atoms with Crippen LogP contribution in [-0.2, 0) is 32.1 Å². The molecule has 3 heterocycles. The number of nitrogens with zero attached hydrogens (tertiary/aromatic N) is 3. The molecular formula is C14H16N4O4S. The van der Waals surface area contributed by atoms with Gasteiger partial charge in [0.25, 0.3) is 0 Å². The van der Waals surface area contributed by atoms with E-state index in [1.807, 2.05) is 0 Å². The highest BCUT2D eigenvalue weighted by Gasteiger charge is 2.33. The van der Waals surface area contributed by atoms with Gasteiger partial charge in [-0.25, -0.2) is 4.98 Å². The third-order valence-electron chi connectivity index (χ3n) is 3.82. The standard InChI is InChI=1S/C14H16N4O4S/c1-8(19)15-14-16-9-4-5-17(6-10(9)23-14)13(22)7-18-11(20)2-3-12(18)21/h2-7H2,1H3,(H,15,16,19). The van der Waals surface area contributed by atoms with Gasteiger partial charge in [0.05, 0.1) is 12.2 Å². The van der Waals surface area contributed by atoms with Gasteiger partial charge in [-0.15, -0.1) is 0 Å². The third-order valence-corrected chi connectivity index (χ3v) is 4.81. The molecule has 0 saturated carbocycles. The number of aromatic nitrogens is 1. The highest BCUT2D eigenvalue weighted by Crippen LogP contribution is 2.28. The Morgan fingerprint density at radius 2 is 1.91 bits per heavy atom. The molecule has 0 bridgehead atoms. The normalized spacial score (nSPS) is 17.4. The van der Waals surface area contributed by atoms with Crippen LogP contribution in [-0.4, -0.2) is 51.5 Å². The van der Waals surface area contributed by atoms with Crippen molar-refractivity contribution in [1.29, 1.82) is 0 Å². The number of hydrogen-bond donors (Lipinski definition) is 1. The molecule has 1 aromatic rings. The number of anilines is 1. The Balaban J connectivity index is 1.65. The summed E-state index contributed by atoms with van der Waals surface area (Å²) in [4.78, 5) is 54.5. The van der Waals surface area contributed by atoms with Gasteiger partial charge >= 0.3 is 0 Å². The van der Waals surface area contributed by atoms with Crippen molar-refractivity contribution >= 4 is 40.1 Å². The number of nitrogens with one attached hydrogen (secondary N) is 1. The number of carbonyl (C=O) groups is 4. The van der Waals surface area contributed by atoms with E-state index < -0.39 is 0 Å². The number of rotatable bonds is 3. The molecule has 0 spiro atoms. The average molecular weight is 336 g/mol. The van der Waals surface area contributed by atoms with Crippen LogP contribution in [0.4, 0.5) is 5.13 Å². The Morgan fingerprint density at radius 1 is 1.22 bits per heavy atom. The van der Waals surface area contributed by atoms with Crippen LogP contribution in [0.25, 0.3) is 0 Å². The molecule has 1 N–H and O–H groups in total. The second kappa shape index (κ2) is 6.07. The van der Waals surface area contributed by atoms with E-state index in [0.717, 1.165) is 15.5 Å². The van der Waals surface area contributed by atoms with Crippen molar-refractivity contribution in [3.05, 3.63) is 10.6 Å². The largest absolute Gasteiger partial charge is 0.336 e. The molecule has 8 nitrogen and oxygen atoms in total. The lowest BCUT2D eigenvalue weighted by Crippen LogP contribution is -2.44. The maximum absolute atomic E-state index is 12.3. The van der Waals surface area contributed by atoms with Crippen LogP contribution in [0.2, 0.25) is 0 Å². The summed E-state index contributed by atoms with van der Waals surface area (Å²) in [5.74, 6) is -0.998. The summed E-state index contributed by atoms with van der Waals surface area (Å²) in [6.45, 7) is 2.11. The fourth-order valence-electron chi connectivity index (χ4n) is 2.65.